The van der Waals surface area contributed by atoms with Crippen molar-refractivity contribution in [2.45, 2.75) is 46.6 Å². The lowest BCUT2D eigenvalue weighted by molar-refractivity contribution is 0.149. The Bertz CT molecular complexity index is 173. The van der Waals surface area contributed by atoms with Crippen LogP contribution in [0.5, 0.6) is 0 Å². The first-order valence-corrected chi connectivity index (χ1v) is 5.24. The maximum absolute atomic E-state index is 9.09. The number of aliphatic hydroxyl groups excluding tert-OH is 1. The Balaban J connectivity index is 2.26. The summed E-state index contributed by atoms with van der Waals surface area (Å²) >= 11 is 0. The van der Waals surface area contributed by atoms with Crippen molar-refractivity contribution in [3.8, 4) is 0 Å². The van der Waals surface area contributed by atoms with E-state index in [4.69, 9.17) is 5.11 Å². The lowest BCUT2D eigenvalue weighted by Gasteiger charge is -2.27. The first-order chi connectivity index (χ1) is 5.90. The van der Waals surface area contributed by atoms with Gasteiger partial charge in [-0.3, -0.25) is 0 Å². The third kappa shape index (κ3) is 2.96. The van der Waals surface area contributed by atoms with Crippen molar-refractivity contribution in [2.24, 2.45) is 10.8 Å². The smallest absolute Gasteiger partial charge is 0.0494 e. The van der Waals surface area contributed by atoms with Gasteiger partial charge >= 0.3 is 0 Å². The van der Waals surface area contributed by atoms with Crippen molar-refractivity contribution < 1.29 is 5.11 Å². The minimum absolute atomic E-state index is 0.0134. The molecule has 2 N–H and O–H groups in total. The van der Waals surface area contributed by atoms with E-state index in [1.54, 1.807) is 0 Å². The molecule has 0 spiro atoms. The SMILES string of the molecule is CC(NCC(C)(C)CO)C1(C)CC1. The molecular formula is C11H23NO. The lowest BCUT2D eigenvalue weighted by Crippen LogP contribution is -2.40. The minimum Gasteiger partial charge on any atom is -0.396 e. The Morgan fingerprint density at radius 2 is 2.00 bits per heavy atom. The third-order valence-corrected chi connectivity index (χ3v) is 3.40. The van der Waals surface area contributed by atoms with E-state index in [0.717, 1.165) is 6.54 Å². The number of hydrogen-bond acceptors (Lipinski definition) is 2. The van der Waals surface area contributed by atoms with Crippen molar-refractivity contribution in [1.82, 2.24) is 5.32 Å². The van der Waals surface area contributed by atoms with Gasteiger partial charge in [0.2, 0.25) is 0 Å². The zero-order valence-electron chi connectivity index (χ0n) is 9.35. The van der Waals surface area contributed by atoms with Gasteiger partial charge in [-0.1, -0.05) is 20.8 Å². The molecule has 2 nitrogen and oxygen atoms in total. The molecule has 0 aromatic heterocycles. The highest BCUT2D eigenvalue weighted by atomic mass is 16.3. The topological polar surface area (TPSA) is 32.3 Å². The Hall–Kier alpha value is -0.0800. The van der Waals surface area contributed by atoms with Gasteiger partial charge in [0.15, 0.2) is 0 Å². The molecule has 13 heavy (non-hydrogen) atoms. The molecule has 0 aromatic carbocycles. The van der Waals surface area contributed by atoms with E-state index < -0.39 is 0 Å². The third-order valence-electron chi connectivity index (χ3n) is 3.40. The second-order valence-electron chi connectivity index (χ2n) is 5.58. The highest BCUT2D eigenvalue weighted by molar-refractivity contribution is 4.97. The monoisotopic (exact) mass is 185 g/mol. The molecule has 1 unspecified atom stereocenters. The van der Waals surface area contributed by atoms with Gasteiger partial charge in [-0.15, -0.1) is 0 Å². The van der Waals surface area contributed by atoms with Crippen LogP contribution >= 0.6 is 0 Å². The van der Waals surface area contributed by atoms with Gasteiger partial charge < -0.3 is 10.4 Å². The van der Waals surface area contributed by atoms with E-state index in [1.807, 2.05) is 0 Å². The summed E-state index contributed by atoms with van der Waals surface area (Å²) in [4.78, 5) is 0. The highest BCUT2D eigenvalue weighted by Crippen LogP contribution is 2.47. The molecule has 0 saturated heterocycles. The summed E-state index contributed by atoms with van der Waals surface area (Å²) < 4.78 is 0. The van der Waals surface area contributed by atoms with Gasteiger partial charge in [0.1, 0.15) is 0 Å². The van der Waals surface area contributed by atoms with Crippen molar-refractivity contribution in [2.75, 3.05) is 13.2 Å². The van der Waals surface area contributed by atoms with Crippen molar-refractivity contribution in [3.05, 3.63) is 0 Å². The van der Waals surface area contributed by atoms with Gasteiger partial charge in [0, 0.05) is 24.6 Å². The summed E-state index contributed by atoms with van der Waals surface area (Å²) in [6, 6.07) is 0.582. The largest absolute Gasteiger partial charge is 0.396 e. The van der Waals surface area contributed by atoms with Gasteiger partial charge in [-0.25, -0.2) is 0 Å². The zero-order chi connectivity index (χ0) is 10.1. The molecule has 1 aliphatic rings. The van der Waals surface area contributed by atoms with Gasteiger partial charge in [-0.2, -0.15) is 0 Å². The maximum Gasteiger partial charge on any atom is 0.0494 e. The van der Waals surface area contributed by atoms with E-state index in [1.165, 1.54) is 12.8 Å². The Labute approximate surface area is 81.7 Å². The Morgan fingerprint density at radius 1 is 1.46 bits per heavy atom. The molecule has 1 aliphatic carbocycles. The number of nitrogens with one attached hydrogen (secondary N) is 1. The molecule has 0 aromatic rings. The predicted molar refractivity (Wildman–Crippen MR) is 55.7 cm³/mol. The summed E-state index contributed by atoms with van der Waals surface area (Å²) in [7, 11) is 0. The van der Waals surface area contributed by atoms with Crippen LogP contribution in [0.4, 0.5) is 0 Å². The second kappa shape index (κ2) is 3.58. The molecule has 0 aliphatic heterocycles. The van der Waals surface area contributed by atoms with Crippen LogP contribution in [-0.2, 0) is 0 Å². The van der Waals surface area contributed by atoms with Crippen molar-refractivity contribution in [1.29, 1.82) is 0 Å². The minimum atomic E-state index is 0.0134. The van der Waals surface area contributed by atoms with E-state index in [9.17, 15) is 0 Å². The zero-order valence-corrected chi connectivity index (χ0v) is 9.35. The Morgan fingerprint density at radius 3 is 2.38 bits per heavy atom. The molecule has 0 radical (unpaired) electrons. The van der Waals surface area contributed by atoms with E-state index in [2.05, 4.69) is 33.0 Å². The quantitative estimate of drug-likeness (QED) is 0.684. The summed E-state index contributed by atoms with van der Waals surface area (Å²) in [5.41, 5.74) is 0.547. The molecule has 1 saturated carbocycles. The van der Waals surface area contributed by atoms with Crippen molar-refractivity contribution in [3.63, 3.8) is 0 Å². The predicted octanol–water partition coefficient (Wildman–Crippen LogP) is 1.78. The van der Waals surface area contributed by atoms with Crippen LogP contribution in [0.15, 0.2) is 0 Å². The number of aliphatic hydroxyl groups is 1. The number of hydrogen-bond donors (Lipinski definition) is 2. The lowest BCUT2D eigenvalue weighted by atomic mass is 9.93. The maximum atomic E-state index is 9.09. The average molecular weight is 185 g/mol. The molecule has 78 valence electrons. The molecular weight excluding hydrogens is 162 g/mol. The molecule has 2 heteroatoms. The Kier molecular flexibility index (Phi) is 3.03. The molecule has 0 bridgehead atoms. The summed E-state index contributed by atoms with van der Waals surface area (Å²) in [5.74, 6) is 0. The van der Waals surface area contributed by atoms with Crippen LogP contribution < -0.4 is 5.32 Å². The fourth-order valence-corrected chi connectivity index (χ4v) is 1.36. The van der Waals surface area contributed by atoms with Crippen molar-refractivity contribution >= 4 is 0 Å². The van der Waals surface area contributed by atoms with Crippen LogP contribution in [0.3, 0.4) is 0 Å². The second-order valence-corrected chi connectivity index (χ2v) is 5.58. The highest BCUT2D eigenvalue weighted by Gasteiger charge is 2.42. The normalized spacial score (nSPS) is 22.8. The molecule has 1 rings (SSSR count). The van der Waals surface area contributed by atoms with Gasteiger partial charge in [0.05, 0.1) is 0 Å². The van der Waals surface area contributed by atoms with Crippen LogP contribution in [0.25, 0.3) is 0 Å². The summed E-state index contributed by atoms with van der Waals surface area (Å²) in [5, 5.41) is 12.6. The fraction of sp³-hybridized carbons (Fsp3) is 1.00. The fourth-order valence-electron chi connectivity index (χ4n) is 1.36. The summed E-state index contributed by atoms with van der Waals surface area (Å²) in [6.45, 7) is 9.91. The van der Waals surface area contributed by atoms with Crippen LogP contribution in [-0.4, -0.2) is 24.3 Å². The standard InChI is InChI=1S/C11H23NO/c1-9(11(4)5-6-11)12-7-10(2,3)8-13/h9,12-13H,5-8H2,1-4H3. The molecule has 0 heterocycles. The number of rotatable bonds is 5. The van der Waals surface area contributed by atoms with Gasteiger partial charge in [-0.05, 0) is 25.2 Å². The first kappa shape index (κ1) is 11.0. The van der Waals surface area contributed by atoms with E-state index >= 15 is 0 Å². The molecule has 0 amide bonds. The summed E-state index contributed by atoms with van der Waals surface area (Å²) in [6.07, 6.45) is 2.70. The first-order valence-electron chi connectivity index (χ1n) is 5.24. The average Bonchev–Trinajstić information content (AvgIpc) is 2.81. The molecule has 1 fully saturated rings. The molecule has 1 atom stereocenters. The van der Waals surface area contributed by atoms with E-state index in [-0.39, 0.29) is 12.0 Å². The van der Waals surface area contributed by atoms with E-state index in [0.29, 0.717) is 11.5 Å². The van der Waals surface area contributed by atoms with Gasteiger partial charge in [0.25, 0.3) is 0 Å². The van der Waals surface area contributed by atoms with Crippen LogP contribution in [0, 0.1) is 10.8 Å². The van der Waals surface area contributed by atoms with Crippen LogP contribution in [0.2, 0.25) is 0 Å². The van der Waals surface area contributed by atoms with Crippen LogP contribution in [0.1, 0.15) is 40.5 Å².